The van der Waals surface area contributed by atoms with Gasteiger partial charge >= 0.3 is 0 Å². The van der Waals surface area contributed by atoms with Gasteiger partial charge in [0.1, 0.15) is 5.65 Å². The predicted molar refractivity (Wildman–Crippen MR) is 102 cm³/mol. The molecule has 0 amide bonds. The number of hydrogen-bond donors (Lipinski definition) is 1. The molecular formula is C18H14Cl2N2OS. The van der Waals surface area contributed by atoms with Crippen LogP contribution in [0.25, 0.3) is 27.3 Å². The average molecular weight is 377 g/mol. The maximum atomic E-state index is 9.29. The number of hydrogen-bond acceptors (Lipinski definition) is 3. The van der Waals surface area contributed by atoms with Crippen LogP contribution in [0, 0.1) is 0 Å². The zero-order valence-corrected chi connectivity index (χ0v) is 14.9. The van der Waals surface area contributed by atoms with E-state index in [1.165, 1.54) is 11.3 Å². The lowest BCUT2D eigenvalue weighted by Crippen LogP contribution is -1.87. The Hall–Kier alpha value is -1.85. The van der Waals surface area contributed by atoms with Gasteiger partial charge < -0.3 is 9.51 Å². The van der Waals surface area contributed by atoms with Crippen LogP contribution >= 0.6 is 35.3 Å². The number of rotatable bonds is 3. The summed E-state index contributed by atoms with van der Waals surface area (Å²) in [6.45, 7) is 0.0461. The van der Waals surface area contributed by atoms with Crippen LogP contribution in [0.5, 0.6) is 0 Å². The maximum absolute atomic E-state index is 9.29. The Morgan fingerprint density at radius 3 is 2.67 bits per heavy atom. The molecule has 4 aromatic rings. The van der Waals surface area contributed by atoms with E-state index in [-0.39, 0.29) is 19.0 Å². The number of imidazole rings is 1. The molecule has 3 heterocycles. The molecule has 0 radical (unpaired) electrons. The zero-order chi connectivity index (χ0) is 15.8. The molecule has 0 saturated carbocycles. The van der Waals surface area contributed by atoms with Gasteiger partial charge in [0.2, 0.25) is 0 Å². The standard InChI is InChI=1S/C18H13ClN2OS.ClH/c19-17-6-5-16(23-17)15-10-21-9-14(4-7-18(21)20-15)13-3-1-2-12(8-13)11-22;/h1-10,22H,11H2;1H. The lowest BCUT2D eigenvalue weighted by Gasteiger charge is -2.04. The summed E-state index contributed by atoms with van der Waals surface area (Å²) in [5.41, 5.74) is 4.88. The Morgan fingerprint density at radius 2 is 1.92 bits per heavy atom. The third kappa shape index (κ3) is 3.19. The Morgan fingerprint density at radius 1 is 1.04 bits per heavy atom. The summed E-state index contributed by atoms with van der Waals surface area (Å²) in [5.74, 6) is 0. The molecule has 0 unspecified atom stereocenters. The van der Waals surface area contributed by atoms with E-state index >= 15 is 0 Å². The quantitative estimate of drug-likeness (QED) is 0.526. The van der Waals surface area contributed by atoms with E-state index in [1.807, 2.05) is 59.1 Å². The molecule has 0 atom stereocenters. The van der Waals surface area contributed by atoms with Crippen LogP contribution in [0.4, 0.5) is 0 Å². The van der Waals surface area contributed by atoms with Gasteiger partial charge in [-0.25, -0.2) is 4.98 Å². The van der Waals surface area contributed by atoms with Crippen LogP contribution < -0.4 is 0 Å². The second-order valence-electron chi connectivity index (χ2n) is 5.27. The minimum atomic E-state index is 0. The Kier molecular flexibility index (Phi) is 4.92. The molecule has 1 aromatic carbocycles. The third-order valence-electron chi connectivity index (χ3n) is 3.72. The highest BCUT2D eigenvalue weighted by Gasteiger charge is 2.08. The van der Waals surface area contributed by atoms with Crippen molar-refractivity contribution in [3.05, 3.63) is 70.8 Å². The van der Waals surface area contributed by atoms with Crippen molar-refractivity contribution in [1.29, 1.82) is 0 Å². The van der Waals surface area contributed by atoms with E-state index < -0.39 is 0 Å². The first-order chi connectivity index (χ1) is 11.2. The minimum Gasteiger partial charge on any atom is -0.392 e. The normalized spacial score (nSPS) is 10.8. The fraction of sp³-hybridized carbons (Fsp3) is 0.0556. The number of aliphatic hydroxyl groups excluding tert-OH is 1. The van der Waals surface area contributed by atoms with Crippen molar-refractivity contribution in [2.75, 3.05) is 0 Å². The third-order valence-corrected chi connectivity index (χ3v) is 4.97. The summed E-state index contributed by atoms with van der Waals surface area (Å²) in [5, 5.41) is 9.29. The molecule has 4 rings (SSSR count). The largest absolute Gasteiger partial charge is 0.392 e. The van der Waals surface area contributed by atoms with Crippen molar-refractivity contribution in [2.45, 2.75) is 6.61 Å². The molecular weight excluding hydrogens is 363 g/mol. The Balaban J connectivity index is 0.00000169. The summed E-state index contributed by atoms with van der Waals surface area (Å²) < 4.78 is 2.78. The van der Waals surface area contributed by atoms with E-state index in [4.69, 9.17) is 11.6 Å². The number of fused-ring (bicyclic) bond motifs is 1. The summed E-state index contributed by atoms with van der Waals surface area (Å²) in [7, 11) is 0. The molecule has 0 aliphatic rings. The molecule has 6 heteroatoms. The van der Waals surface area contributed by atoms with E-state index in [1.54, 1.807) is 0 Å². The lowest BCUT2D eigenvalue weighted by atomic mass is 10.1. The SMILES string of the molecule is Cl.OCc1cccc(-c2ccc3nc(-c4ccc(Cl)s4)cn3c2)c1. The lowest BCUT2D eigenvalue weighted by molar-refractivity contribution is 0.282. The van der Waals surface area contributed by atoms with Crippen LogP contribution in [-0.2, 0) is 6.61 Å². The maximum Gasteiger partial charge on any atom is 0.137 e. The number of pyridine rings is 1. The second kappa shape index (κ2) is 6.95. The molecule has 0 aliphatic heterocycles. The average Bonchev–Trinajstić information content (AvgIpc) is 3.20. The topological polar surface area (TPSA) is 37.5 Å². The monoisotopic (exact) mass is 376 g/mol. The van der Waals surface area contributed by atoms with E-state index in [0.29, 0.717) is 0 Å². The van der Waals surface area contributed by atoms with E-state index in [0.717, 1.165) is 37.2 Å². The number of aliphatic hydroxyl groups is 1. The smallest absolute Gasteiger partial charge is 0.137 e. The zero-order valence-electron chi connectivity index (χ0n) is 12.5. The van der Waals surface area contributed by atoms with Crippen molar-refractivity contribution < 1.29 is 5.11 Å². The molecule has 0 fully saturated rings. The van der Waals surface area contributed by atoms with E-state index in [2.05, 4.69) is 11.2 Å². The first-order valence-electron chi connectivity index (χ1n) is 7.17. The van der Waals surface area contributed by atoms with Gasteiger partial charge in [-0.1, -0.05) is 29.8 Å². The molecule has 0 saturated heterocycles. The van der Waals surface area contributed by atoms with Crippen molar-refractivity contribution in [1.82, 2.24) is 9.38 Å². The first kappa shape index (κ1) is 17.0. The fourth-order valence-electron chi connectivity index (χ4n) is 2.58. The Bertz CT molecular complexity index is 994. The summed E-state index contributed by atoms with van der Waals surface area (Å²) in [6, 6.07) is 15.8. The number of halogens is 2. The number of nitrogens with zero attached hydrogens (tertiary/aromatic N) is 2. The summed E-state index contributed by atoms with van der Waals surface area (Å²) >= 11 is 7.53. The van der Waals surface area contributed by atoms with Gasteiger partial charge in [0.05, 0.1) is 21.5 Å². The van der Waals surface area contributed by atoms with Crippen LogP contribution in [0.1, 0.15) is 5.56 Å². The van der Waals surface area contributed by atoms with Crippen LogP contribution in [0.2, 0.25) is 4.34 Å². The highest BCUT2D eigenvalue weighted by atomic mass is 35.5. The van der Waals surface area contributed by atoms with Crippen molar-refractivity contribution in [2.24, 2.45) is 0 Å². The van der Waals surface area contributed by atoms with Crippen molar-refractivity contribution in [3.63, 3.8) is 0 Å². The van der Waals surface area contributed by atoms with Gasteiger partial charge in [0, 0.05) is 12.4 Å². The molecule has 3 nitrogen and oxygen atoms in total. The van der Waals surface area contributed by atoms with Gasteiger partial charge in [-0.3, -0.25) is 0 Å². The van der Waals surface area contributed by atoms with Crippen LogP contribution in [0.15, 0.2) is 60.9 Å². The predicted octanol–water partition coefficient (Wildman–Crippen LogP) is 5.30. The van der Waals surface area contributed by atoms with Gasteiger partial charge in [-0.2, -0.15) is 0 Å². The molecule has 0 aliphatic carbocycles. The number of aromatic nitrogens is 2. The first-order valence-corrected chi connectivity index (χ1v) is 8.37. The molecule has 0 spiro atoms. The van der Waals surface area contributed by atoms with Gasteiger partial charge in [-0.15, -0.1) is 23.7 Å². The summed E-state index contributed by atoms with van der Waals surface area (Å²) in [4.78, 5) is 5.70. The van der Waals surface area contributed by atoms with Crippen LogP contribution in [-0.4, -0.2) is 14.5 Å². The molecule has 3 aromatic heterocycles. The van der Waals surface area contributed by atoms with Crippen molar-refractivity contribution >= 4 is 41.0 Å². The molecule has 0 bridgehead atoms. The highest BCUT2D eigenvalue weighted by Crippen LogP contribution is 2.31. The molecule has 24 heavy (non-hydrogen) atoms. The number of benzene rings is 1. The molecule has 122 valence electrons. The van der Waals surface area contributed by atoms with E-state index in [9.17, 15) is 5.11 Å². The van der Waals surface area contributed by atoms with Gasteiger partial charge in [0.15, 0.2) is 0 Å². The summed E-state index contributed by atoms with van der Waals surface area (Å²) in [6.07, 6.45) is 4.06. The van der Waals surface area contributed by atoms with Crippen LogP contribution in [0.3, 0.4) is 0 Å². The Labute approximate surface area is 154 Å². The minimum absolute atomic E-state index is 0. The van der Waals surface area contributed by atoms with Crippen molar-refractivity contribution in [3.8, 4) is 21.7 Å². The van der Waals surface area contributed by atoms with Gasteiger partial charge in [0.25, 0.3) is 0 Å². The fourth-order valence-corrected chi connectivity index (χ4v) is 3.58. The molecule has 1 N–H and O–H groups in total. The number of thiophene rings is 1. The second-order valence-corrected chi connectivity index (χ2v) is 6.99. The highest BCUT2D eigenvalue weighted by molar-refractivity contribution is 7.19. The van der Waals surface area contributed by atoms with Gasteiger partial charge in [-0.05, 0) is 47.0 Å².